The summed E-state index contributed by atoms with van der Waals surface area (Å²) in [4.78, 5) is 8.64. The van der Waals surface area contributed by atoms with Crippen LogP contribution in [0.2, 0.25) is 0 Å². The van der Waals surface area contributed by atoms with Crippen molar-refractivity contribution in [2.45, 2.75) is 6.42 Å². The Hall–Kier alpha value is -1.66. The fourth-order valence-corrected chi connectivity index (χ4v) is 1.76. The first-order valence-corrected chi connectivity index (χ1v) is 6.10. The molecule has 0 saturated heterocycles. The number of anilines is 1. The SMILES string of the molecule is Cn1cnc2c(NCCCOCCN)nccc21. The number of rotatable bonds is 7. The first kappa shape index (κ1) is 12.8. The van der Waals surface area contributed by atoms with Gasteiger partial charge in [-0.05, 0) is 12.5 Å². The highest BCUT2D eigenvalue weighted by atomic mass is 16.5. The van der Waals surface area contributed by atoms with E-state index in [0.29, 0.717) is 19.8 Å². The maximum absolute atomic E-state index is 5.34. The lowest BCUT2D eigenvalue weighted by molar-refractivity contribution is 0.141. The van der Waals surface area contributed by atoms with E-state index in [9.17, 15) is 0 Å². The molecule has 2 heterocycles. The zero-order valence-corrected chi connectivity index (χ0v) is 10.6. The second-order valence-corrected chi connectivity index (χ2v) is 4.06. The summed E-state index contributed by atoms with van der Waals surface area (Å²) in [5.41, 5.74) is 7.32. The molecule has 0 fully saturated rings. The summed E-state index contributed by atoms with van der Waals surface area (Å²) in [7, 11) is 1.97. The Balaban J connectivity index is 1.88. The Morgan fingerprint density at radius 3 is 3.11 bits per heavy atom. The number of nitrogens with zero attached hydrogens (tertiary/aromatic N) is 3. The zero-order valence-electron chi connectivity index (χ0n) is 10.6. The molecule has 0 bridgehead atoms. The third-order valence-electron chi connectivity index (χ3n) is 2.66. The monoisotopic (exact) mass is 249 g/mol. The van der Waals surface area contributed by atoms with Crippen molar-refractivity contribution in [3.05, 3.63) is 18.6 Å². The van der Waals surface area contributed by atoms with E-state index < -0.39 is 0 Å². The molecule has 0 atom stereocenters. The van der Waals surface area contributed by atoms with Crippen molar-refractivity contribution in [3.8, 4) is 0 Å². The van der Waals surface area contributed by atoms with Crippen LogP contribution in [0.3, 0.4) is 0 Å². The van der Waals surface area contributed by atoms with Gasteiger partial charge in [-0.2, -0.15) is 0 Å². The van der Waals surface area contributed by atoms with E-state index in [1.165, 1.54) is 0 Å². The van der Waals surface area contributed by atoms with Crippen LogP contribution in [-0.2, 0) is 11.8 Å². The molecule has 0 amide bonds. The number of fused-ring (bicyclic) bond motifs is 1. The van der Waals surface area contributed by atoms with Gasteiger partial charge in [0.1, 0.15) is 5.52 Å². The van der Waals surface area contributed by atoms with Crippen LogP contribution in [0.25, 0.3) is 11.0 Å². The quantitative estimate of drug-likeness (QED) is 0.708. The highest BCUT2D eigenvalue weighted by molar-refractivity contribution is 5.85. The first-order chi connectivity index (χ1) is 8.83. The molecule has 0 aliphatic carbocycles. The number of nitrogens with one attached hydrogen (secondary N) is 1. The smallest absolute Gasteiger partial charge is 0.154 e. The lowest BCUT2D eigenvalue weighted by Crippen LogP contribution is -2.12. The van der Waals surface area contributed by atoms with Crippen molar-refractivity contribution in [2.75, 3.05) is 31.6 Å². The highest BCUT2D eigenvalue weighted by Crippen LogP contribution is 2.18. The van der Waals surface area contributed by atoms with E-state index in [4.69, 9.17) is 10.5 Å². The van der Waals surface area contributed by atoms with Crippen molar-refractivity contribution >= 4 is 16.9 Å². The predicted octanol–water partition coefficient (Wildman–Crippen LogP) is 0.746. The van der Waals surface area contributed by atoms with E-state index >= 15 is 0 Å². The molecular weight excluding hydrogens is 230 g/mol. The Morgan fingerprint density at radius 2 is 2.28 bits per heavy atom. The van der Waals surface area contributed by atoms with Gasteiger partial charge in [-0.1, -0.05) is 0 Å². The van der Waals surface area contributed by atoms with Gasteiger partial charge in [0.25, 0.3) is 0 Å². The van der Waals surface area contributed by atoms with E-state index in [-0.39, 0.29) is 0 Å². The van der Waals surface area contributed by atoms with Crippen LogP contribution in [0, 0.1) is 0 Å². The summed E-state index contributed by atoms with van der Waals surface area (Å²) in [6.07, 6.45) is 4.50. The van der Waals surface area contributed by atoms with Crippen LogP contribution < -0.4 is 11.1 Å². The molecule has 18 heavy (non-hydrogen) atoms. The van der Waals surface area contributed by atoms with Crippen LogP contribution in [0.1, 0.15) is 6.42 Å². The number of hydrogen-bond acceptors (Lipinski definition) is 5. The van der Waals surface area contributed by atoms with Crippen LogP contribution in [0.15, 0.2) is 18.6 Å². The van der Waals surface area contributed by atoms with Gasteiger partial charge in [0.05, 0.1) is 18.5 Å². The first-order valence-electron chi connectivity index (χ1n) is 6.10. The molecule has 0 spiro atoms. The second-order valence-electron chi connectivity index (χ2n) is 4.06. The lowest BCUT2D eigenvalue weighted by atomic mass is 10.3. The maximum Gasteiger partial charge on any atom is 0.154 e. The molecule has 0 radical (unpaired) electrons. The van der Waals surface area contributed by atoms with Crippen LogP contribution >= 0.6 is 0 Å². The molecule has 0 aromatic carbocycles. The largest absolute Gasteiger partial charge is 0.380 e. The minimum atomic E-state index is 0.572. The summed E-state index contributed by atoms with van der Waals surface area (Å²) in [5, 5.41) is 3.28. The third kappa shape index (κ3) is 2.96. The van der Waals surface area contributed by atoms with Gasteiger partial charge >= 0.3 is 0 Å². The predicted molar refractivity (Wildman–Crippen MR) is 71.5 cm³/mol. The molecule has 0 unspecified atom stereocenters. The van der Waals surface area contributed by atoms with Gasteiger partial charge < -0.3 is 20.4 Å². The molecule has 2 aromatic rings. The van der Waals surface area contributed by atoms with E-state index in [1.807, 2.05) is 17.7 Å². The zero-order chi connectivity index (χ0) is 12.8. The highest BCUT2D eigenvalue weighted by Gasteiger charge is 2.05. The molecule has 6 heteroatoms. The van der Waals surface area contributed by atoms with Crippen molar-refractivity contribution < 1.29 is 4.74 Å². The normalized spacial score (nSPS) is 11.0. The van der Waals surface area contributed by atoms with Crippen molar-refractivity contribution in [1.82, 2.24) is 14.5 Å². The molecule has 0 aliphatic heterocycles. The average Bonchev–Trinajstić information content (AvgIpc) is 2.77. The Labute approximate surface area is 106 Å². The molecule has 0 saturated carbocycles. The van der Waals surface area contributed by atoms with Gasteiger partial charge in [0.15, 0.2) is 5.82 Å². The van der Waals surface area contributed by atoms with Gasteiger partial charge in [0, 0.05) is 32.9 Å². The average molecular weight is 249 g/mol. The Morgan fingerprint density at radius 1 is 1.39 bits per heavy atom. The van der Waals surface area contributed by atoms with Crippen LogP contribution in [0.5, 0.6) is 0 Å². The topological polar surface area (TPSA) is 78.0 Å². The molecule has 2 rings (SSSR count). The lowest BCUT2D eigenvalue weighted by Gasteiger charge is -2.06. The van der Waals surface area contributed by atoms with Gasteiger partial charge in [0.2, 0.25) is 0 Å². The summed E-state index contributed by atoms with van der Waals surface area (Å²) < 4.78 is 7.29. The number of hydrogen-bond donors (Lipinski definition) is 2. The fraction of sp³-hybridized carbons (Fsp3) is 0.500. The van der Waals surface area contributed by atoms with E-state index in [0.717, 1.165) is 29.8 Å². The van der Waals surface area contributed by atoms with E-state index in [2.05, 4.69) is 15.3 Å². The standard InChI is InChI=1S/C12H19N5O/c1-17-9-16-11-10(17)3-6-15-12(11)14-5-2-7-18-8-4-13/h3,6,9H,2,4-5,7-8,13H2,1H3,(H,14,15). The van der Waals surface area contributed by atoms with E-state index in [1.54, 1.807) is 12.5 Å². The maximum atomic E-state index is 5.34. The minimum absolute atomic E-state index is 0.572. The van der Waals surface area contributed by atoms with Crippen molar-refractivity contribution in [2.24, 2.45) is 12.8 Å². The number of imidazole rings is 1. The minimum Gasteiger partial charge on any atom is -0.380 e. The van der Waals surface area contributed by atoms with Crippen molar-refractivity contribution in [1.29, 1.82) is 0 Å². The molecule has 3 N–H and O–H groups in total. The summed E-state index contributed by atoms with van der Waals surface area (Å²) in [6.45, 7) is 2.71. The Bertz CT molecular complexity index is 496. The summed E-state index contributed by atoms with van der Waals surface area (Å²) in [6, 6.07) is 1.96. The van der Waals surface area contributed by atoms with Gasteiger partial charge in [-0.25, -0.2) is 9.97 Å². The Kier molecular flexibility index (Phi) is 4.49. The molecule has 98 valence electrons. The van der Waals surface area contributed by atoms with Crippen molar-refractivity contribution in [3.63, 3.8) is 0 Å². The molecule has 2 aromatic heterocycles. The van der Waals surface area contributed by atoms with Gasteiger partial charge in [-0.15, -0.1) is 0 Å². The van der Waals surface area contributed by atoms with Gasteiger partial charge in [-0.3, -0.25) is 0 Å². The number of pyridine rings is 1. The number of ether oxygens (including phenoxy) is 1. The molecule has 6 nitrogen and oxygen atoms in total. The fourth-order valence-electron chi connectivity index (χ4n) is 1.76. The second kappa shape index (κ2) is 6.32. The van der Waals surface area contributed by atoms with Crippen LogP contribution in [-0.4, -0.2) is 40.8 Å². The summed E-state index contributed by atoms with van der Waals surface area (Å²) in [5.74, 6) is 0.826. The third-order valence-corrected chi connectivity index (χ3v) is 2.66. The molecule has 0 aliphatic rings. The number of aromatic nitrogens is 3. The van der Waals surface area contributed by atoms with Crippen LogP contribution in [0.4, 0.5) is 5.82 Å². The number of aryl methyl sites for hydroxylation is 1. The number of nitrogens with two attached hydrogens (primary N) is 1. The summed E-state index contributed by atoms with van der Waals surface area (Å²) >= 11 is 0. The molecular formula is C12H19N5O.